The van der Waals surface area contributed by atoms with Gasteiger partial charge in [-0.05, 0) is 42.7 Å². The molecule has 0 saturated heterocycles. The minimum Gasteiger partial charge on any atom is -0.494 e. The lowest BCUT2D eigenvalue weighted by molar-refractivity contribution is 0.340. The summed E-state index contributed by atoms with van der Waals surface area (Å²) in [4.78, 5) is 0. The largest absolute Gasteiger partial charge is 0.494 e. The van der Waals surface area contributed by atoms with Crippen LogP contribution >= 0.6 is 23.2 Å². The van der Waals surface area contributed by atoms with Gasteiger partial charge < -0.3 is 4.74 Å². The molecule has 0 fully saturated rings. The van der Waals surface area contributed by atoms with Gasteiger partial charge in [0.15, 0.2) is 0 Å². The summed E-state index contributed by atoms with van der Waals surface area (Å²) < 4.78 is 5.42. The van der Waals surface area contributed by atoms with E-state index in [4.69, 9.17) is 27.9 Å². The second-order valence-electron chi connectivity index (χ2n) is 4.34. The molecule has 0 aliphatic rings. The summed E-state index contributed by atoms with van der Waals surface area (Å²) >= 11 is 12.8. The number of benzene rings is 2. The van der Waals surface area contributed by atoms with Crippen molar-refractivity contribution in [2.24, 2.45) is 0 Å². The van der Waals surface area contributed by atoms with Gasteiger partial charge in [0.05, 0.1) is 12.0 Å². The van der Waals surface area contributed by atoms with E-state index in [-0.39, 0.29) is 5.38 Å². The second-order valence-corrected chi connectivity index (χ2v) is 5.16. The molecule has 2 aromatic carbocycles. The van der Waals surface area contributed by atoms with E-state index in [0.717, 1.165) is 27.5 Å². The van der Waals surface area contributed by atoms with Crippen LogP contribution in [0.25, 0.3) is 0 Å². The fourth-order valence-corrected chi connectivity index (χ4v) is 2.56. The quantitative estimate of drug-likeness (QED) is 0.688. The minimum atomic E-state index is -0.247. The molecular weight excluding hydrogens is 279 g/mol. The fraction of sp³-hybridized carbons (Fsp3) is 0.250. The molecule has 0 aliphatic heterocycles. The Hall–Kier alpha value is -1.18. The van der Waals surface area contributed by atoms with Crippen molar-refractivity contribution in [2.45, 2.75) is 19.2 Å². The van der Waals surface area contributed by atoms with Crippen molar-refractivity contribution in [1.82, 2.24) is 0 Å². The fourth-order valence-electron chi connectivity index (χ4n) is 1.95. The van der Waals surface area contributed by atoms with Crippen molar-refractivity contribution in [2.75, 3.05) is 6.61 Å². The van der Waals surface area contributed by atoms with Crippen molar-refractivity contribution >= 4 is 23.2 Å². The zero-order chi connectivity index (χ0) is 13.8. The molecule has 0 radical (unpaired) electrons. The second kappa shape index (κ2) is 6.31. The van der Waals surface area contributed by atoms with Crippen molar-refractivity contribution in [3.63, 3.8) is 0 Å². The molecule has 0 aliphatic carbocycles. The molecule has 1 unspecified atom stereocenters. The van der Waals surface area contributed by atoms with Crippen LogP contribution in [0.1, 0.15) is 29.0 Å². The van der Waals surface area contributed by atoms with Gasteiger partial charge in [-0.2, -0.15) is 0 Å². The van der Waals surface area contributed by atoms with E-state index in [9.17, 15) is 0 Å². The standard InChI is InChI=1S/C16H16Cl2O/c1-3-19-13-9-7-12(8-10-13)16(18)14-6-4-5-11(2)15(14)17/h4-10,16H,3H2,1-2H3. The molecule has 0 spiro atoms. The number of hydrogen-bond acceptors (Lipinski definition) is 1. The van der Waals surface area contributed by atoms with Crippen LogP contribution in [-0.4, -0.2) is 6.61 Å². The van der Waals surface area contributed by atoms with Crippen LogP contribution in [0, 0.1) is 6.92 Å². The molecule has 0 amide bonds. The van der Waals surface area contributed by atoms with Crippen molar-refractivity contribution in [3.05, 3.63) is 64.2 Å². The van der Waals surface area contributed by atoms with Crippen LogP contribution in [0.4, 0.5) is 0 Å². The van der Waals surface area contributed by atoms with Crippen molar-refractivity contribution in [3.8, 4) is 5.75 Å². The Kier molecular flexibility index (Phi) is 4.73. The first kappa shape index (κ1) is 14.2. The highest BCUT2D eigenvalue weighted by Gasteiger charge is 2.15. The first-order valence-corrected chi connectivity index (χ1v) is 7.06. The Labute approximate surface area is 124 Å². The van der Waals surface area contributed by atoms with E-state index in [1.54, 1.807) is 0 Å². The molecule has 0 aromatic heterocycles. The molecule has 0 heterocycles. The van der Waals surface area contributed by atoms with Crippen molar-refractivity contribution < 1.29 is 4.74 Å². The smallest absolute Gasteiger partial charge is 0.119 e. The average Bonchev–Trinajstić information content (AvgIpc) is 2.42. The summed E-state index contributed by atoms with van der Waals surface area (Å²) in [5.74, 6) is 0.852. The molecule has 100 valence electrons. The monoisotopic (exact) mass is 294 g/mol. The van der Waals surface area contributed by atoms with Crippen LogP contribution in [0.3, 0.4) is 0 Å². The third kappa shape index (κ3) is 3.23. The highest BCUT2D eigenvalue weighted by molar-refractivity contribution is 6.33. The SMILES string of the molecule is CCOc1ccc(C(Cl)c2cccc(C)c2Cl)cc1. The van der Waals surface area contributed by atoms with E-state index in [0.29, 0.717) is 6.61 Å². The predicted molar refractivity (Wildman–Crippen MR) is 81.5 cm³/mol. The number of hydrogen-bond donors (Lipinski definition) is 0. The molecule has 1 nitrogen and oxygen atoms in total. The van der Waals surface area contributed by atoms with Crippen LogP contribution < -0.4 is 4.74 Å². The van der Waals surface area contributed by atoms with Crippen molar-refractivity contribution in [1.29, 1.82) is 0 Å². The molecule has 3 heteroatoms. The molecule has 0 saturated carbocycles. The highest BCUT2D eigenvalue weighted by atomic mass is 35.5. The van der Waals surface area contributed by atoms with Gasteiger partial charge in [0.1, 0.15) is 5.75 Å². The van der Waals surface area contributed by atoms with E-state index >= 15 is 0 Å². The third-order valence-electron chi connectivity index (χ3n) is 2.98. The Morgan fingerprint density at radius 1 is 1.11 bits per heavy atom. The topological polar surface area (TPSA) is 9.23 Å². The molecule has 19 heavy (non-hydrogen) atoms. The maximum atomic E-state index is 6.51. The van der Waals surface area contributed by atoms with Gasteiger partial charge in [0.2, 0.25) is 0 Å². The molecular formula is C16H16Cl2O. The van der Waals surface area contributed by atoms with Gasteiger partial charge in [-0.15, -0.1) is 11.6 Å². The third-order valence-corrected chi connectivity index (χ3v) is 3.98. The van der Waals surface area contributed by atoms with Crippen LogP contribution in [-0.2, 0) is 0 Å². The predicted octanol–water partition coefficient (Wildman–Crippen LogP) is 5.38. The lowest BCUT2D eigenvalue weighted by atomic mass is 10.0. The van der Waals surface area contributed by atoms with Gasteiger partial charge in [-0.3, -0.25) is 0 Å². The first-order valence-electron chi connectivity index (χ1n) is 6.25. The number of alkyl halides is 1. The lowest BCUT2D eigenvalue weighted by Crippen LogP contribution is -1.96. The number of rotatable bonds is 4. The van der Waals surface area contributed by atoms with Gasteiger partial charge in [-0.1, -0.05) is 41.9 Å². The summed E-state index contributed by atoms with van der Waals surface area (Å²) in [6.45, 7) is 4.60. The van der Waals surface area contributed by atoms with E-state index in [1.165, 1.54) is 0 Å². The number of aryl methyl sites for hydroxylation is 1. The van der Waals surface area contributed by atoms with E-state index in [2.05, 4.69) is 0 Å². The lowest BCUT2D eigenvalue weighted by Gasteiger charge is -2.14. The average molecular weight is 295 g/mol. The van der Waals surface area contributed by atoms with Gasteiger partial charge >= 0.3 is 0 Å². The Morgan fingerprint density at radius 2 is 1.79 bits per heavy atom. The summed E-state index contributed by atoms with van der Waals surface area (Å²) in [5, 5.41) is 0.486. The zero-order valence-corrected chi connectivity index (χ0v) is 12.5. The summed E-state index contributed by atoms with van der Waals surface area (Å²) in [6, 6.07) is 13.7. The molecule has 0 bridgehead atoms. The molecule has 2 rings (SSSR count). The van der Waals surface area contributed by atoms with E-state index in [1.807, 2.05) is 56.3 Å². The summed E-state index contributed by atoms with van der Waals surface area (Å²) in [6.07, 6.45) is 0. The normalized spacial score (nSPS) is 12.2. The Morgan fingerprint density at radius 3 is 2.42 bits per heavy atom. The maximum Gasteiger partial charge on any atom is 0.119 e. The van der Waals surface area contributed by atoms with Gasteiger partial charge in [-0.25, -0.2) is 0 Å². The van der Waals surface area contributed by atoms with E-state index < -0.39 is 0 Å². The summed E-state index contributed by atoms with van der Waals surface area (Å²) in [5.41, 5.74) is 2.99. The zero-order valence-electron chi connectivity index (χ0n) is 11.0. The van der Waals surface area contributed by atoms with Crippen LogP contribution in [0.2, 0.25) is 5.02 Å². The Balaban J connectivity index is 2.28. The summed E-state index contributed by atoms with van der Waals surface area (Å²) in [7, 11) is 0. The van der Waals surface area contributed by atoms with Crippen LogP contribution in [0.5, 0.6) is 5.75 Å². The van der Waals surface area contributed by atoms with Gasteiger partial charge in [0, 0.05) is 5.02 Å². The molecule has 1 atom stereocenters. The maximum absolute atomic E-state index is 6.51. The Bertz CT molecular complexity index is 549. The molecule has 0 N–H and O–H groups in total. The highest BCUT2D eigenvalue weighted by Crippen LogP contribution is 2.35. The number of ether oxygens (including phenoxy) is 1. The molecule has 2 aromatic rings. The first-order chi connectivity index (χ1) is 9.13. The number of halogens is 2. The minimum absolute atomic E-state index is 0.247. The van der Waals surface area contributed by atoms with Crippen LogP contribution in [0.15, 0.2) is 42.5 Å². The van der Waals surface area contributed by atoms with Gasteiger partial charge in [0.25, 0.3) is 0 Å².